The zero-order valence-corrected chi connectivity index (χ0v) is 29.1. The predicted molar refractivity (Wildman–Crippen MR) is 185 cm³/mol. The SMILES string of the molecule is CCOc1cc([C@H]2NC(=O)NC(C)=C2C(=O)OC)ccc1OC[C@@H](O)N/N=C/c1cc(I)c(Oc2ccc([N+](=O)[O-])cc2[N+](=O)[O-])c(OC)c1. The molecule has 264 valence electrons. The van der Waals surface area contributed by atoms with Crippen LogP contribution in [0.2, 0.25) is 0 Å². The number of esters is 1. The van der Waals surface area contributed by atoms with Gasteiger partial charge in [-0.1, -0.05) is 6.07 Å². The number of hydrazone groups is 1. The summed E-state index contributed by atoms with van der Waals surface area (Å²) in [5.41, 5.74) is 3.10. The molecule has 0 aliphatic carbocycles. The lowest BCUT2D eigenvalue weighted by atomic mass is 9.95. The Bertz CT molecular complexity index is 1870. The number of nitro groups is 2. The molecule has 3 aromatic rings. The normalized spacial score (nSPS) is 14.7. The van der Waals surface area contributed by atoms with Gasteiger partial charge in [0.15, 0.2) is 29.2 Å². The fourth-order valence-electron chi connectivity index (χ4n) is 4.69. The standard InChI is InChI=1S/C31H31IN6O12/c1-5-48-24-12-18(28-27(30(40)47-4)16(2)34-31(41)35-28)6-8-23(24)49-15-26(39)36-33-14-17-10-20(32)29(25(11-17)46-3)50-22-9-7-19(37(42)43)13-21(22)38(44)45/h6-14,26,28,36,39H,5,15H2,1-4H3,(H2,34,35,41)/b33-14+/t26-,28-/m1/s1. The van der Waals surface area contributed by atoms with Gasteiger partial charge in [0.1, 0.15) is 6.61 Å². The summed E-state index contributed by atoms with van der Waals surface area (Å²) in [7, 11) is 2.61. The van der Waals surface area contributed by atoms with Crippen LogP contribution in [0.5, 0.6) is 28.7 Å². The maximum absolute atomic E-state index is 12.5. The minimum absolute atomic E-state index is 0.134. The minimum atomic E-state index is -1.27. The van der Waals surface area contributed by atoms with Crippen molar-refractivity contribution in [3.63, 3.8) is 0 Å². The second-order valence-corrected chi connectivity index (χ2v) is 11.4. The van der Waals surface area contributed by atoms with Gasteiger partial charge in [0.25, 0.3) is 5.69 Å². The Kier molecular flexibility index (Phi) is 12.3. The fourth-order valence-corrected chi connectivity index (χ4v) is 5.43. The largest absolute Gasteiger partial charge is 0.493 e. The zero-order chi connectivity index (χ0) is 36.5. The van der Waals surface area contributed by atoms with E-state index in [0.717, 1.165) is 18.2 Å². The maximum Gasteiger partial charge on any atom is 0.337 e. The zero-order valence-electron chi connectivity index (χ0n) is 26.9. The smallest absolute Gasteiger partial charge is 0.337 e. The van der Waals surface area contributed by atoms with Gasteiger partial charge >= 0.3 is 17.7 Å². The molecule has 0 saturated carbocycles. The van der Waals surface area contributed by atoms with E-state index in [4.69, 9.17) is 23.7 Å². The summed E-state index contributed by atoms with van der Waals surface area (Å²) in [4.78, 5) is 45.7. The first-order valence-corrected chi connectivity index (χ1v) is 15.7. The van der Waals surface area contributed by atoms with E-state index < -0.39 is 45.5 Å². The molecule has 50 heavy (non-hydrogen) atoms. The van der Waals surface area contributed by atoms with Gasteiger partial charge in [-0.05, 0) is 77.9 Å². The van der Waals surface area contributed by atoms with E-state index in [0.29, 0.717) is 26.1 Å². The van der Waals surface area contributed by atoms with Crippen LogP contribution >= 0.6 is 22.6 Å². The third-order valence-corrected chi connectivity index (χ3v) is 7.72. The van der Waals surface area contributed by atoms with E-state index in [2.05, 4.69) is 21.2 Å². The van der Waals surface area contributed by atoms with Crippen molar-refractivity contribution in [3.05, 3.63) is 94.7 Å². The predicted octanol–water partition coefficient (Wildman–Crippen LogP) is 4.43. The monoisotopic (exact) mass is 806 g/mol. The third kappa shape index (κ3) is 8.85. The number of aliphatic hydroxyl groups excluding tert-OH is 1. The highest BCUT2D eigenvalue weighted by molar-refractivity contribution is 14.1. The molecule has 4 N–H and O–H groups in total. The highest BCUT2D eigenvalue weighted by atomic mass is 127. The van der Waals surface area contributed by atoms with E-state index in [9.17, 15) is 34.9 Å². The third-order valence-electron chi connectivity index (χ3n) is 6.92. The van der Waals surface area contributed by atoms with Crippen molar-refractivity contribution in [2.75, 3.05) is 27.4 Å². The van der Waals surface area contributed by atoms with Gasteiger partial charge in [-0.2, -0.15) is 5.10 Å². The van der Waals surface area contributed by atoms with Gasteiger partial charge in [-0.15, -0.1) is 0 Å². The second-order valence-electron chi connectivity index (χ2n) is 10.2. The lowest BCUT2D eigenvalue weighted by Crippen LogP contribution is -2.45. The van der Waals surface area contributed by atoms with Crippen LogP contribution in [0.4, 0.5) is 16.2 Å². The molecule has 1 aliphatic rings. The topological polar surface area (TPSA) is 235 Å². The Hall–Kier alpha value is -5.70. The number of aliphatic hydroxyl groups is 1. The summed E-state index contributed by atoms with van der Waals surface area (Å²) in [5, 5.41) is 42.4. The minimum Gasteiger partial charge on any atom is -0.493 e. The van der Waals surface area contributed by atoms with Crippen molar-refractivity contribution in [2.24, 2.45) is 5.10 Å². The second kappa shape index (κ2) is 16.6. The molecule has 0 aromatic heterocycles. The van der Waals surface area contributed by atoms with Crippen LogP contribution in [0.3, 0.4) is 0 Å². The van der Waals surface area contributed by atoms with Crippen LogP contribution in [-0.4, -0.2) is 66.8 Å². The molecule has 0 bridgehead atoms. The number of nitro benzene ring substituents is 2. The molecule has 0 saturated heterocycles. The first kappa shape index (κ1) is 37.1. The van der Waals surface area contributed by atoms with Crippen molar-refractivity contribution in [2.45, 2.75) is 26.1 Å². The first-order chi connectivity index (χ1) is 23.9. The number of amides is 2. The lowest BCUT2D eigenvalue weighted by Gasteiger charge is -2.28. The number of rotatable bonds is 15. The molecular weight excluding hydrogens is 775 g/mol. The molecule has 2 amide bonds. The van der Waals surface area contributed by atoms with Crippen molar-refractivity contribution >= 4 is 52.2 Å². The van der Waals surface area contributed by atoms with Crippen molar-refractivity contribution in [3.8, 4) is 28.7 Å². The molecule has 0 unspecified atom stereocenters. The first-order valence-electron chi connectivity index (χ1n) is 14.6. The summed E-state index contributed by atoms with van der Waals surface area (Å²) < 4.78 is 28.0. The van der Waals surface area contributed by atoms with Crippen LogP contribution in [-0.2, 0) is 9.53 Å². The number of urea groups is 1. The number of nitrogens with one attached hydrogen (secondary N) is 3. The quantitative estimate of drug-likeness (QED) is 0.0416. The summed E-state index contributed by atoms with van der Waals surface area (Å²) >= 11 is 1.93. The van der Waals surface area contributed by atoms with Gasteiger partial charge in [-0.3, -0.25) is 25.7 Å². The molecule has 1 aliphatic heterocycles. The van der Waals surface area contributed by atoms with Gasteiger partial charge in [0.05, 0.1) is 58.1 Å². The Balaban J connectivity index is 1.44. The number of carbonyl (C=O) groups is 2. The van der Waals surface area contributed by atoms with Crippen molar-refractivity contribution in [1.82, 2.24) is 16.1 Å². The number of methoxy groups -OCH3 is 2. The van der Waals surface area contributed by atoms with E-state index >= 15 is 0 Å². The number of hydrogen-bond acceptors (Lipinski definition) is 14. The van der Waals surface area contributed by atoms with Crippen molar-refractivity contribution < 1.29 is 48.2 Å². The molecule has 2 atom stereocenters. The molecule has 4 rings (SSSR count). The Labute approximate surface area is 297 Å². The van der Waals surface area contributed by atoms with Crippen molar-refractivity contribution in [1.29, 1.82) is 0 Å². The Morgan fingerprint density at radius 2 is 1.80 bits per heavy atom. The fraction of sp³-hybridized carbons (Fsp3) is 0.258. The average Bonchev–Trinajstić information content (AvgIpc) is 3.08. The number of nitrogens with zero attached hydrogens (tertiary/aromatic N) is 3. The van der Waals surface area contributed by atoms with Crippen LogP contribution in [0.1, 0.15) is 31.0 Å². The molecule has 19 heteroatoms. The molecule has 0 fully saturated rings. The van der Waals surface area contributed by atoms with Crippen LogP contribution in [0, 0.1) is 23.8 Å². The molecule has 0 spiro atoms. The van der Waals surface area contributed by atoms with E-state index in [1.165, 1.54) is 26.5 Å². The molecule has 0 radical (unpaired) electrons. The number of carbonyl (C=O) groups excluding carboxylic acids is 2. The number of halogens is 1. The lowest BCUT2D eigenvalue weighted by molar-refractivity contribution is -0.394. The van der Waals surface area contributed by atoms with Gasteiger partial charge < -0.3 is 39.4 Å². The van der Waals surface area contributed by atoms with E-state index in [1.807, 2.05) is 22.6 Å². The van der Waals surface area contributed by atoms with Gasteiger partial charge in [0.2, 0.25) is 5.75 Å². The molecule has 18 nitrogen and oxygen atoms in total. The number of non-ortho nitro benzene ring substituents is 1. The highest BCUT2D eigenvalue weighted by Crippen LogP contribution is 2.41. The summed E-state index contributed by atoms with van der Waals surface area (Å²) in [6.45, 7) is 3.39. The van der Waals surface area contributed by atoms with Gasteiger partial charge in [0, 0.05) is 11.8 Å². The van der Waals surface area contributed by atoms with Gasteiger partial charge in [-0.25, -0.2) is 9.59 Å². The molecular formula is C31H31IN6O12. The number of allylic oxidation sites excluding steroid dienone is 1. The number of ether oxygens (including phenoxy) is 5. The van der Waals surface area contributed by atoms with E-state index in [1.54, 1.807) is 38.1 Å². The molecule has 3 aromatic carbocycles. The van der Waals surface area contributed by atoms with Crippen LogP contribution in [0.15, 0.2) is 64.9 Å². The average molecular weight is 807 g/mol. The summed E-state index contributed by atoms with van der Waals surface area (Å²) in [5.74, 6) is 0.0766. The Morgan fingerprint density at radius 3 is 2.46 bits per heavy atom. The summed E-state index contributed by atoms with van der Waals surface area (Å²) in [6, 6.07) is 9.74. The highest BCUT2D eigenvalue weighted by Gasteiger charge is 2.32. The van der Waals surface area contributed by atoms with E-state index in [-0.39, 0.29) is 41.8 Å². The molecule has 1 heterocycles. The number of hydrogen-bond donors (Lipinski definition) is 4. The maximum atomic E-state index is 12.5. The summed E-state index contributed by atoms with van der Waals surface area (Å²) in [6.07, 6.45) is 0.112. The van der Waals surface area contributed by atoms with Crippen LogP contribution < -0.4 is 35.0 Å². The van der Waals surface area contributed by atoms with Crippen LogP contribution in [0.25, 0.3) is 0 Å². The number of benzene rings is 3. The Morgan fingerprint density at radius 1 is 1.06 bits per heavy atom.